The number of likely N-dealkylation sites (tertiary alicyclic amines) is 2. The third-order valence-electron chi connectivity index (χ3n) is 9.30. The van der Waals surface area contributed by atoms with Crippen molar-refractivity contribution in [3.63, 3.8) is 0 Å². The highest BCUT2D eigenvalue weighted by Crippen LogP contribution is 2.78. The maximum Gasteiger partial charge on any atom is 0.396 e. The third kappa shape index (κ3) is 6.34. The van der Waals surface area contributed by atoms with E-state index in [1.807, 2.05) is 12.1 Å². The zero-order chi connectivity index (χ0) is 34.8. The molecule has 6 atom stereocenters. The van der Waals surface area contributed by atoms with Crippen LogP contribution in [0.3, 0.4) is 0 Å². The van der Waals surface area contributed by atoms with Gasteiger partial charge in [-0.1, -0.05) is 0 Å². The molecule has 6 unspecified atom stereocenters. The van der Waals surface area contributed by atoms with Crippen LogP contribution < -0.4 is 14.4 Å². The van der Waals surface area contributed by atoms with Gasteiger partial charge in [-0.2, -0.15) is 10.5 Å². The van der Waals surface area contributed by atoms with Crippen LogP contribution in [0.5, 0.6) is 11.5 Å². The van der Waals surface area contributed by atoms with Crippen molar-refractivity contribution < 1.29 is 47.0 Å². The van der Waals surface area contributed by atoms with Crippen LogP contribution >= 0.6 is 14.6 Å². The molecule has 2 fully saturated rings. The van der Waals surface area contributed by atoms with Gasteiger partial charge >= 0.3 is 7.28 Å². The van der Waals surface area contributed by atoms with E-state index in [1.165, 1.54) is 47.9 Å². The van der Waals surface area contributed by atoms with E-state index in [-0.39, 0.29) is 56.3 Å². The molecule has 4 aliphatic rings. The number of benzene rings is 2. The topological polar surface area (TPSA) is 203 Å². The van der Waals surface area contributed by atoms with Gasteiger partial charge in [0.05, 0.1) is 35.3 Å². The molecule has 16 heteroatoms. The quantitative estimate of drug-likeness (QED) is 0.307. The minimum absolute atomic E-state index is 0. The van der Waals surface area contributed by atoms with Crippen LogP contribution in [0.15, 0.2) is 36.4 Å². The lowest BCUT2D eigenvalue weighted by molar-refractivity contribution is -0.209. The van der Waals surface area contributed by atoms with E-state index in [1.54, 1.807) is 26.0 Å². The highest BCUT2D eigenvalue weighted by Gasteiger charge is 2.57. The second-order valence-corrected chi connectivity index (χ2v) is 18.7. The molecule has 4 aliphatic heterocycles. The van der Waals surface area contributed by atoms with Crippen LogP contribution in [0, 0.1) is 30.1 Å². The molecule has 0 radical (unpaired) electrons. The van der Waals surface area contributed by atoms with Gasteiger partial charge in [-0.3, -0.25) is 23.2 Å². The number of hydrogen-bond acceptors (Lipinski definition) is 11. The Labute approximate surface area is 285 Å². The SMILES string of the molecule is CC1(C)Oc2ccc(C#N)cc2C(N2CCCC2=O)C1OP(=O)([O-])P(=O)(O)OC1C(N2CCCC2=O)c2cc(C#N)ccc2OC1(C)C.[CH3+]. The Morgan fingerprint density at radius 2 is 1.22 bits per heavy atom. The Bertz CT molecular complexity index is 1730. The number of hydrogen-bond donors (Lipinski definition) is 1. The minimum atomic E-state index is -5.92. The maximum absolute atomic E-state index is 14.0. The molecule has 2 amide bonds. The first-order chi connectivity index (χ1) is 22.5. The van der Waals surface area contributed by atoms with Crippen LogP contribution in [0.25, 0.3) is 0 Å². The predicted octanol–water partition coefficient (Wildman–Crippen LogP) is 4.67. The van der Waals surface area contributed by atoms with Crippen LogP contribution in [0.2, 0.25) is 0 Å². The molecule has 1 N–H and O–H groups in total. The second kappa shape index (κ2) is 12.8. The summed E-state index contributed by atoms with van der Waals surface area (Å²) < 4.78 is 51.7. The van der Waals surface area contributed by atoms with Crippen LogP contribution in [0.1, 0.15) is 87.7 Å². The highest BCUT2D eigenvalue weighted by atomic mass is 32.1. The van der Waals surface area contributed by atoms with E-state index in [9.17, 15) is 39.0 Å². The summed E-state index contributed by atoms with van der Waals surface area (Å²) in [7, 11) is -11.7. The summed E-state index contributed by atoms with van der Waals surface area (Å²) in [5.41, 5.74) is -1.79. The molecule has 260 valence electrons. The van der Waals surface area contributed by atoms with Crippen molar-refractivity contribution in [1.82, 2.24) is 9.80 Å². The predicted molar refractivity (Wildman–Crippen MR) is 173 cm³/mol. The Morgan fingerprint density at radius 3 is 1.59 bits per heavy atom. The van der Waals surface area contributed by atoms with Crippen molar-refractivity contribution in [2.24, 2.45) is 0 Å². The lowest BCUT2D eigenvalue weighted by Gasteiger charge is -2.50. The monoisotopic (exact) mass is 712 g/mol. The Morgan fingerprint density at radius 1 is 0.816 bits per heavy atom. The largest absolute Gasteiger partial charge is 0.770 e. The van der Waals surface area contributed by atoms with Gasteiger partial charge in [0.25, 0.3) is 0 Å². The first-order valence-electron chi connectivity index (χ1n) is 15.6. The van der Waals surface area contributed by atoms with Gasteiger partial charge in [0.2, 0.25) is 19.1 Å². The number of rotatable bonds is 7. The van der Waals surface area contributed by atoms with Gasteiger partial charge in [-0.05, 0) is 76.9 Å². The lowest BCUT2D eigenvalue weighted by atomic mass is 9.85. The molecule has 0 spiro atoms. The molecule has 0 saturated carbocycles. The van der Waals surface area contributed by atoms with Crippen molar-refractivity contribution in [3.05, 3.63) is 66.1 Å². The lowest BCUT2D eigenvalue weighted by Crippen LogP contribution is -2.55. The molecule has 4 heterocycles. The first-order valence-corrected chi connectivity index (χ1v) is 19.4. The normalized spacial score (nSPS) is 27.6. The molecular formula is C33H38N4O10P2. The number of amides is 2. The van der Waals surface area contributed by atoms with Crippen LogP contribution in [-0.4, -0.2) is 63.0 Å². The number of ether oxygens (including phenoxy) is 2. The summed E-state index contributed by atoms with van der Waals surface area (Å²) in [6, 6.07) is 11.0. The van der Waals surface area contributed by atoms with E-state index in [4.69, 9.17) is 18.5 Å². The van der Waals surface area contributed by atoms with Crippen molar-refractivity contribution in [2.75, 3.05) is 13.1 Å². The van der Waals surface area contributed by atoms with Crippen molar-refractivity contribution in [3.8, 4) is 23.6 Å². The summed E-state index contributed by atoms with van der Waals surface area (Å²) in [5, 5.41) is 19.2. The number of nitrogens with zero attached hydrogens (tertiary/aromatic N) is 4. The summed E-state index contributed by atoms with van der Waals surface area (Å²) in [4.78, 5) is 54.3. The zero-order valence-electron chi connectivity index (χ0n) is 27.8. The average Bonchev–Trinajstić information content (AvgIpc) is 3.64. The standard InChI is InChI=1S/C32H36N4O10P2.CH3/c1-31(2)29(27(35-13-5-7-25(35)37)21-15-19(17-33)9-11-23(21)43-31)45-47(39,40)48(41,42)46-30-28(36-14-6-8-26(36)38)22-16-20(18-34)10-12-24(22)44-32(30,3)4;/h9-12,15-16,27-30H,5-8,13-14H2,1-4H3,(H,39,40)(H,41,42);1H3/q;+1/p-1. The number of carbonyl (C=O) groups is 2. The second-order valence-electron chi connectivity index (χ2n) is 13.4. The van der Waals surface area contributed by atoms with Crippen LogP contribution in [0.4, 0.5) is 0 Å². The van der Waals surface area contributed by atoms with Gasteiger partial charge < -0.3 is 33.6 Å². The summed E-state index contributed by atoms with van der Waals surface area (Å²) >= 11 is 0. The molecule has 6 rings (SSSR count). The van der Waals surface area contributed by atoms with E-state index in [0.717, 1.165) is 0 Å². The fraction of sp³-hybridized carbons (Fsp3) is 0.485. The van der Waals surface area contributed by atoms with Crippen molar-refractivity contribution in [1.29, 1.82) is 10.5 Å². The molecule has 0 aromatic heterocycles. The number of fused-ring (bicyclic) bond motifs is 2. The summed E-state index contributed by atoms with van der Waals surface area (Å²) in [5.74, 6) is 0.0665. The van der Waals surface area contributed by atoms with Gasteiger partial charge in [0.1, 0.15) is 34.9 Å². The molecule has 2 saturated heterocycles. The van der Waals surface area contributed by atoms with Crippen LogP contribution in [-0.2, 0) is 27.8 Å². The van der Waals surface area contributed by atoms with Crippen molar-refractivity contribution >= 4 is 26.4 Å². The number of carbonyl (C=O) groups excluding carboxylic acids is 2. The maximum atomic E-state index is 14.0. The third-order valence-corrected chi connectivity index (χ3v) is 13.3. The van der Waals surface area contributed by atoms with Gasteiger partial charge in [-0.25, -0.2) is 0 Å². The van der Waals surface area contributed by atoms with E-state index in [0.29, 0.717) is 35.5 Å². The summed E-state index contributed by atoms with van der Waals surface area (Å²) in [6.07, 6.45) is -1.63. The molecule has 2 aromatic carbocycles. The molecule has 2 aromatic rings. The Hall–Kier alpha value is -3.87. The van der Waals surface area contributed by atoms with Gasteiger partial charge in [0.15, 0.2) is 0 Å². The smallest absolute Gasteiger partial charge is 0.396 e. The summed E-state index contributed by atoms with van der Waals surface area (Å²) in [6.45, 7) is 6.67. The molecular weight excluding hydrogens is 674 g/mol. The average molecular weight is 713 g/mol. The van der Waals surface area contributed by atoms with Crippen molar-refractivity contribution in [2.45, 2.75) is 88.9 Å². The first kappa shape index (κ1) is 36.4. The number of nitriles is 2. The van der Waals surface area contributed by atoms with E-state index >= 15 is 0 Å². The van der Waals surface area contributed by atoms with Gasteiger partial charge in [0, 0.05) is 44.5 Å². The van der Waals surface area contributed by atoms with E-state index in [2.05, 4.69) is 0 Å². The molecule has 0 bridgehead atoms. The fourth-order valence-corrected chi connectivity index (χ4v) is 9.89. The molecule has 14 nitrogen and oxygen atoms in total. The zero-order valence-corrected chi connectivity index (χ0v) is 29.6. The highest BCUT2D eigenvalue weighted by molar-refractivity contribution is 8.26. The Kier molecular flexibility index (Phi) is 9.50. The molecule has 0 aliphatic carbocycles. The van der Waals surface area contributed by atoms with Gasteiger partial charge in [-0.15, -0.1) is 0 Å². The minimum Gasteiger partial charge on any atom is -0.770 e. The molecule has 49 heavy (non-hydrogen) atoms. The van der Waals surface area contributed by atoms with E-state index < -0.39 is 50.1 Å². The Balaban J connectivity index is 0.00000468. The fourth-order valence-electron chi connectivity index (χ4n) is 7.02.